The van der Waals surface area contributed by atoms with Gasteiger partial charge in [0.15, 0.2) is 0 Å². The van der Waals surface area contributed by atoms with E-state index in [1.165, 1.54) is 12.8 Å². The highest BCUT2D eigenvalue weighted by molar-refractivity contribution is 5.81. The lowest BCUT2D eigenvalue weighted by molar-refractivity contribution is -0.119. The molecule has 3 aliphatic rings. The molecule has 2 heteroatoms. The molecule has 0 aliphatic heterocycles. The zero-order valence-corrected chi connectivity index (χ0v) is 5.79. The van der Waals surface area contributed by atoms with E-state index in [0.717, 1.165) is 23.7 Å². The molecular weight excluding hydrogens is 126 g/mol. The van der Waals surface area contributed by atoms with E-state index in [1.807, 2.05) is 0 Å². The number of fused-ring (bicyclic) bond motifs is 3. The summed E-state index contributed by atoms with van der Waals surface area (Å²) in [4.78, 5) is 10.8. The van der Waals surface area contributed by atoms with E-state index in [0.29, 0.717) is 5.92 Å². The third-order valence-electron chi connectivity index (χ3n) is 3.60. The number of carbonyl (C=O) groups is 1. The number of nitrogens with two attached hydrogens (primary N) is 1. The maximum absolute atomic E-state index is 10.8. The van der Waals surface area contributed by atoms with Crippen LogP contribution in [-0.4, -0.2) is 5.91 Å². The van der Waals surface area contributed by atoms with Gasteiger partial charge in [0.05, 0.1) is 0 Å². The maximum atomic E-state index is 10.8. The molecular formula is C8H11NO. The van der Waals surface area contributed by atoms with Gasteiger partial charge in [-0.05, 0) is 36.5 Å². The minimum absolute atomic E-state index is 0.0413. The van der Waals surface area contributed by atoms with Crippen LogP contribution in [0.1, 0.15) is 12.8 Å². The molecule has 0 aromatic heterocycles. The molecule has 0 radical (unpaired) electrons. The summed E-state index contributed by atoms with van der Waals surface area (Å²) in [5.74, 6) is 3.64. The number of hydrogen-bond donors (Lipinski definition) is 1. The summed E-state index contributed by atoms with van der Waals surface area (Å²) in [5, 5.41) is 0. The van der Waals surface area contributed by atoms with Gasteiger partial charge in [0.2, 0.25) is 5.91 Å². The second kappa shape index (κ2) is 1.25. The highest BCUT2D eigenvalue weighted by Gasteiger charge is 2.69. The molecule has 3 rings (SSSR count). The third kappa shape index (κ3) is 0.414. The minimum atomic E-state index is -0.0413. The third-order valence-corrected chi connectivity index (χ3v) is 3.60. The van der Waals surface area contributed by atoms with Crippen molar-refractivity contribution in [3.8, 4) is 0 Å². The molecule has 2 N–H and O–H groups in total. The Bertz CT molecular complexity index is 213. The maximum Gasteiger partial charge on any atom is 0.221 e. The molecule has 3 aliphatic carbocycles. The van der Waals surface area contributed by atoms with Crippen molar-refractivity contribution in [2.45, 2.75) is 12.8 Å². The average molecular weight is 137 g/mol. The van der Waals surface area contributed by atoms with Gasteiger partial charge in [-0.1, -0.05) is 0 Å². The van der Waals surface area contributed by atoms with Crippen molar-refractivity contribution in [2.24, 2.45) is 35.3 Å². The van der Waals surface area contributed by atoms with Crippen molar-refractivity contribution in [3.63, 3.8) is 0 Å². The Morgan fingerprint density at radius 1 is 1.30 bits per heavy atom. The highest BCUT2D eigenvalue weighted by atomic mass is 16.1. The fourth-order valence-electron chi connectivity index (χ4n) is 3.05. The Balaban J connectivity index is 1.82. The van der Waals surface area contributed by atoms with E-state index >= 15 is 0 Å². The molecule has 54 valence electrons. The lowest BCUT2D eigenvalue weighted by Gasteiger charge is -1.94. The fraction of sp³-hybridized carbons (Fsp3) is 0.875. The summed E-state index contributed by atoms with van der Waals surface area (Å²) in [6.07, 6.45) is 2.70. The van der Waals surface area contributed by atoms with Crippen LogP contribution in [-0.2, 0) is 4.79 Å². The van der Waals surface area contributed by atoms with E-state index in [1.54, 1.807) is 0 Å². The van der Waals surface area contributed by atoms with Crippen LogP contribution in [0.2, 0.25) is 0 Å². The van der Waals surface area contributed by atoms with Crippen molar-refractivity contribution in [1.82, 2.24) is 0 Å². The first-order chi connectivity index (χ1) is 4.79. The Kier molecular flexibility index (Phi) is 0.644. The molecule has 0 aromatic rings. The summed E-state index contributed by atoms with van der Waals surface area (Å²) in [6.45, 7) is 0. The number of hydrogen-bond acceptors (Lipinski definition) is 1. The summed E-state index contributed by atoms with van der Waals surface area (Å²) < 4.78 is 0. The molecule has 0 spiro atoms. The van der Waals surface area contributed by atoms with Gasteiger partial charge in [0.1, 0.15) is 0 Å². The number of amides is 1. The van der Waals surface area contributed by atoms with Crippen LogP contribution < -0.4 is 5.73 Å². The number of carbonyl (C=O) groups excluding carboxylic acids is 1. The van der Waals surface area contributed by atoms with E-state index in [2.05, 4.69) is 0 Å². The predicted molar refractivity (Wildman–Crippen MR) is 35.9 cm³/mol. The first-order valence-corrected chi connectivity index (χ1v) is 4.08. The second-order valence-electron chi connectivity index (χ2n) is 4.06. The molecule has 3 unspecified atom stereocenters. The first-order valence-electron chi connectivity index (χ1n) is 4.08. The van der Waals surface area contributed by atoms with Crippen molar-refractivity contribution in [1.29, 1.82) is 0 Å². The largest absolute Gasteiger partial charge is 0.369 e. The molecule has 10 heavy (non-hydrogen) atoms. The van der Waals surface area contributed by atoms with Crippen LogP contribution in [0, 0.1) is 29.6 Å². The van der Waals surface area contributed by atoms with Gasteiger partial charge < -0.3 is 5.73 Å². The average Bonchev–Trinajstić information content (AvgIpc) is 2.70. The van der Waals surface area contributed by atoms with Crippen LogP contribution in [0.25, 0.3) is 0 Å². The summed E-state index contributed by atoms with van der Waals surface area (Å²) >= 11 is 0. The molecule has 2 nitrogen and oxygen atoms in total. The van der Waals surface area contributed by atoms with Crippen molar-refractivity contribution >= 4 is 5.91 Å². The predicted octanol–water partition coefficient (Wildman–Crippen LogP) is 0.374. The highest BCUT2D eigenvalue weighted by Crippen LogP contribution is 2.72. The molecule has 5 atom stereocenters. The fourth-order valence-corrected chi connectivity index (χ4v) is 3.05. The zero-order chi connectivity index (χ0) is 6.88. The number of rotatable bonds is 1. The van der Waals surface area contributed by atoms with E-state index < -0.39 is 0 Å². The van der Waals surface area contributed by atoms with Gasteiger partial charge >= 0.3 is 0 Å². The summed E-state index contributed by atoms with van der Waals surface area (Å²) in [6, 6.07) is 0. The van der Waals surface area contributed by atoms with Crippen LogP contribution >= 0.6 is 0 Å². The lowest BCUT2D eigenvalue weighted by Crippen LogP contribution is -2.16. The van der Waals surface area contributed by atoms with E-state index in [4.69, 9.17) is 5.73 Å². The van der Waals surface area contributed by atoms with Crippen molar-refractivity contribution in [3.05, 3.63) is 0 Å². The molecule has 3 fully saturated rings. The topological polar surface area (TPSA) is 43.1 Å². The lowest BCUT2D eigenvalue weighted by atomic mass is 10.1. The smallest absolute Gasteiger partial charge is 0.221 e. The first kappa shape index (κ1) is 5.16. The van der Waals surface area contributed by atoms with Gasteiger partial charge in [-0.25, -0.2) is 0 Å². The molecule has 3 saturated carbocycles. The van der Waals surface area contributed by atoms with Gasteiger partial charge in [0.25, 0.3) is 0 Å². The second-order valence-corrected chi connectivity index (χ2v) is 4.06. The van der Waals surface area contributed by atoms with Crippen LogP contribution in [0.5, 0.6) is 0 Å². The SMILES string of the molecule is NC(=O)C1[C@@H]2C3CC3C[C@H]12. The van der Waals surface area contributed by atoms with Crippen molar-refractivity contribution < 1.29 is 4.79 Å². The summed E-state index contributed by atoms with van der Waals surface area (Å²) in [5.41, 5.74) is 5.23. The molecule has 0 aromatic carbocycles. The number of primary amides is 1. The van der Waals surface area contributed by atoms with Crippen LogP contribution in [0.4, 0.5) is 0 Å². The van der Waals surface area contributed by atoms with Gasteiger partial charge in [-0.3, -0.25) is 4.79 Å². The Morgan fingerprint density at radius 2 is 2.00 bits per heavy atom. The van der Waals surface area contributed by atoms with E-state index in [-0.39, 0.29) is 5.91 Å². The van der Waals surface area contributed by atoms with Crippen LogP contribution in [0.3, 0.4) is 0 Å². The van der Waals surface area contributed by atoms with E-state index in [9.17, 15) is 4.79 Å². The van der Waals surface area contributed by atoms with Gasteiger partial charge in [-0.2, -0.15) is 0 Å². The van der Waals surface area contributed by atoms with Gasteiger partial charge in [-0.15, -0.1) is 0 Å². The molecule has 0 heterocycles. The Hall–Kier alpha value is -0.530. The quantitative estimate of drug-likeness (QED) is 0.557. The standard InChI is InChI=1S/C8H11NO/c9-8(10)7-5-2-3-1-4(3)6(5)7/h3-7H,1-2H2,(H2,9,10)/t3?,4?,5-,6+,7?/m0/s1. The van der Waals surface area contributed by atoms with Gasteiger partial charge in [0, 0.05) is 5.92 Å². The normalized spacial score (nSPS) is 61.0. The van der Waals surface area contributed by atoms with Crippen LogP contribution in [0.15, 0.2) is 0 Å². The molecule has 0 saturated heterocycles. The monoisotopic (exact) mass is 137 g/mol. The molecule has 1 amide bonds. The molecule has 0 bridgehead atoms. The Morgan fingerprint density at radius 3 is 2.50 bits per heavy atom. The minimum Gasteiger partial charge on any atom is -0.369 e. The zero-order valence-electron chi connectivity index (χ0n) is 5.79. The van der Waals surface area contributed by atoms with Crippen molar-refractivity contribution in [2.75, 3.05) is 0 Å². The summed E-state index contributed by atoms with van der Waals surface area (Å²) in [7, 11) is 0. The Labute approximate surface area is 59.8 Å².